The molecule has 98 valence electrons. The van der Waals surface area contributed by atoms with E-state index in [9.17, 15) is 0 Å². The lowest BCUT2D eigenvalue weighted by Gasteiger charge is -2.41. The van der Waals surface area contributed by atoms with Gasteiger partial charge in [-0.1, -0.05) is 48.9 Å². The molecule has 0 radical (unpaired) electrons. The molecule has 1 atom stereocenters. The summed E-state index contributed by atoms with van der Waals surface area (Å²) in [5.41, 5.74) is 2.58. The van der Waals surface area contributed by atoms with E-state index in [-0.39, 0.29) is 0 Å². The predicted molar refractivity (Wildman–Crippen MR) is 82.1 cm³/mol. The minimum Gasteiger partial charge on any atom is -0.414 e. The highest BCUT2D eigenvalue weighted by Crippen LogP contribution is 2.40. The van der Waals surface area contributed by atoms with Gasteiger partial charge >= 0.3 is 0 Å². The maximum absolute atomic E-state index is 6.46. The molecule has 3 heteroatoms. The fraction of sp³-hybridized carbons (Fsp3) is 0.714. The van der Waals surface area contributed by atoms with Crippen molar-refractivity contribution in [3.05, 3.63) is 22.7 Å². The summed E-state index contributed by atoms with van der Waals surface area (Å²) in [7, 11) is -1.63. The predicted octanol–water partition coefficient (Wildman–Crippen LogP) is 5.40. The van der Waals surface area contributed by atoms with Crippen LogP contribution in [0, 0.1) is 0 Å². The van der Waals surface area contributed by atoms with E-state index in [4.69, 9.17) is 4.43 Å². The monoisotopic (exact) mass is 316 g/mol. The van der Waals surface area contributed by atoms with E-state index < -0.39 is 8.32 Å². The highest BCUT2D eigenvalue weighted by atomic mass is 79.9. The van der Waals surface area contributed by atoms with Gasteiger partial charge in [-0.25, -0.2) is 0 Å². The van der Waals surface area contributed by atoms with Crippen molar-refractivity contribution in [1.82, 2.24) is 0 Å². The van der Waals surface area contributed by atoms with Crippen molar-refractivity contribution >= 4 is 24.2 Å². The Morgan fingerprint density at radius 2 is 2.00 bits per heavy atom. The molecule has 0 aromatic heterocycles. The molecule has 17 heavy (non-hydrogen) atoms. The topological polar surface area (TPSA) is 9.23 Å². The first-order valence-corrected chi connectivity index (χ1v) is 10.1. The molecule has 0 heterocycles. The van der Waals surface area contributed by atoms with Crippen LogP contribution in [-0.2, 0) is 4.43 Å². The number of allylic oxidation sites excluding steroid dienone is 1. The van der Waals surface area contributed by atoms with Crippen LogP contribution >= 0.6 is 15.9 Å². The van der Waals surface area contributed by atoms with Gasteiger partial charge in [0.15, 0.2) is 8.32 Å². The van der Waals surface area contributed by atoms with Crippen molar-refractivity contribution in [2.24, 2.45) is 0 Å². The molecule has 1 rings (SSSR count). The third kappa shape index (κ3) is 3.80. The Kier molecular flexibility index (Phi) is 4.84. The van der Waals surface area contributed by atoms with E-state index in [0.717, 1.165) is 19.3 Å². The van der Waals surface area contributed by atoms with Crippen molar-refractivity contribution in [1.29, 1.82) is 0 Å². The van der Waals surface area contributed by atoms with Gasteiger partial charge < -0.3 is 4.43 Å². The highest BCUT2D eigenvalue weighted by molar-refractivity contribution is 9.11. The fourth-order valence-corrected chi connectivity index (χ4v) is 3.70. The summed E-state index contributed by atoms with van der Waals surface area (Å²) in [6, 6.07) is 0. The number of hydrogen-bond donors (Lipinski definition) is 0. The molecule has 1 saturated carbocycles. The zero-order chi connectivity index (χ0) is 13.3. The second kappa shape index (κ2) is 5.41. The Bertz CT molecular complexity index is 326. The van der Waals surface area contributed by atoms with Crippen LogP contribution in [0.15, 0.2) is 22.7 Å². The third-order valence-corrected chi connectivity index (χ3v) is 9.16. The van der Waals surface area contributed by atoms with Crippen LogP contribution in [0.4, 0.5) is 0 Å². The lowest BCUT2D eigenvalue weighted by molar-refractivity contribution is 0.165. The molecule has 0 aromatic carbocycles. The summed E-state index contributed by atoms with van der Waals surface area (Å²) >= 11 is 3.43. The lowest BCUT2D eigenvalue weighted by Crippen LogP contribution is -2.44. The summed E-state index contributed by atoms with van der Waals surface area (Å²) in [5.74, 6) is 0. The molecule has 0 bridgehead atoms. The molecule has 0 aromatic rings. The zero-order valence-corrected chi connectivity index (χ0v) is 14.4. The maximum Gasteiger partial charge on any atom is 0.192 e. The molecule has 1 nitrogen and oxygen atoms in total. The van der Waals surface area contributed by atoms with Gasteiger partial charge in [-0.3, -0.25) is 0 Å². The Balaban J connectivity index is 2.68. The Morgan fingerprint density at radius 1 is 1.41 bits per heavy atom. The second-order valence-electron chi connectivity index (χ2n) is 6.48. The quantitative estimate of drug-likeness (QED) is 0.620. The van der Waals surface area contributed by atoms with Gasteiger partial charge in [0.1, 0.15) is 0 Å². The minimum atomic E-state index is -1.63. The molecule has 1 aliphatic rings. The van der Waals surface area contributed by atoms with Gasteiger partial charge in [0.05, 0.1) is 0 Å². The van der Waals surface area contributed by atoms with Crippen LogP contribution in [0.3, 0.4) is 0 Å². The van der Waals surface area contributed by atoms with Crippen LogP contribution < -0.4 is 0 Å². The SMILES string of the molecule is C=C1CC[C@@H](O[Si](C)(C)C(C)(C)C)C/C1=C\Br. The average Bonchev–Trinajstić information content (AvgIpc) is 2.19. The summed E-state index contributed by atoms with van der Waals surface area (Å²) in [4.78, 5) is 2.01. The highest BCUT2D eigenvalue weighted by Gasteiger charge is 2.39. The molecule has 0 spiro atoms. The Hall–Kier alpha value is 0.137. The molecule has 0 saturated heterocycles. The molecule has 0 aliphatic heterocycles. The number of halogens is 1. The van der Waals surface area contributed by atoms with E-state index in [1.807, 2.05) is 4.99 Å². The lowest BCUT2D eigenvalue weighted by atomic mass is 9.90. The van der Waals surface area contributed by atoms with E-state index in [1.54, 1.807) is 0 Å². The van der Waals surface area contributed by atoms with Crippen molar-refractivity contribution in [3.8, 4) is 0 Å². The van der Waals surface area contributed by atoms with Crippen molar-refractivity contribution in [2.75, 3.05) is 0 Å². The first-order chi connectivity index (χ1) is 7.67. The second-order valence-corrected chi connectivity index (χ2v) is 11.7. The normalized spacial score (nSPS) is 25.4. The third-order valence-electron chi connectivity index (χ3n) is 4.07. The average molecular weight is 317 g/mol. The van der Waals surface area contributed by atoms with Gasteiger partial charge in [0.2, 0.25) is 0 Å². The molecule has 0 amide bonds. The molecular formula is C14H25BrOSi. The van der Waals surface area contributed by atoms with E-state index in [2.05, 4.69) is 56.4 Å². The maximum atomic E-state index is 6.46. The standard InChI is InChI=1S/C14H25BrOSi/c1-11-7-8-13(9-12(11)10-15)16-17(5,6)14(2,3)4/h10,13H,1,7-9H2,2-6H3/b12-10+/t13-/m1/s1. The molecule has 0 unspecified atom stereocenters. The minimum absolute atomic E-state index is 0.291. The summed E-state index contributed by atoms with van der Waals surface area (Å²) < 4.78 is 6.46. The van der Waals surface area contributed by atoms with Crippen LogP contribution in [0.25, 0.3) is 0 Å². The molecular weight excluding hydrogens is 292 g/mol. The van der Waals surface area contributed by atoms with Gasteiger partial charge in [0, 0.05) is 6.10 Å². The van der Waals surface area contributed by atoms with E-state index in [0.29, 0.717) is 11.1 Å². The van der Waals surface area contributed by atoms with E-state index in [1.165, 1.54) is 11.1 Å². The van der Waals surface area contributed by atoms with Crippen molar-refractivity contribution in [3.63, 3.8) is 0 Å². The van der Waals surface area contributed by atoms with Gasteiger partial charge in [-0.05, 0) is 48.0 Å². The molecule has 1 fully saturated rings. The summed E-state index contributed by atoms with van der Waals surface area (Å²) in [6.07, 6.45) is 3.58. The first-order valence-electron chi connectivity index (χ1n) is 6.32. The van der Waals surface area contributed by atoms with Gasteiger partial charge in [0.25, 0.3) is 0 Å². The van der Waals surface area contributed by atoms with Crippen LogP contribution in [0.1, 0.15) is 40.0 Å². The summed E-state index contributed by atoms with van der Waals surface area (Å²) in [5, 5.41) is 0.291. The molecule has 0 N–H and O–H groups in total. The largest absolute Gasteiger partial charge is 0.414 e. The fourth-order valence-electron chi connectivity index (χ4n) is 1.80. The zero-order valence-electron chi connectivity index (χ0n) is 11.8. The van der Waals surface area contributed by atoms with Crippen molar-refractivity contribution in [2.45, 2.75) is 64.3 Å². The Labute approximate surface area is 116 Å². The van der Waals surface area contributed by atoms with Gasteiger partial charge in [-0.2, -0.15) is 0 Å². The van der Waals surface area contributed by atoms with Crippen LogP contribution in [0.2, 0.25) is 18.1 Å². The van der Waals surface area contributed by atoms with E-state index >= 15 is 0 Å². The summed E-state index contributed by atoms with van der Waals surface area (Å²) in [6.45, 7) is 15.6. The van der Waals surface area contributed by atoms with Crippen molar-refractivity contribution < 1.29 is 4.43 Å². The Morgan fingerprint density at radius 3 is 2.47 bits per heavy atom. The van der Waals surface area contributed by atoms with Crippen LogP contribution in [0.5, 0.6) is 0 Å². The number of hydrogen-bond acceptors (Lipinski definition) is 1. The van der Waals surface area contributed by atoms with Gasteiger partial charge in [-0.15, -0.1) is 0 Å². The van der Waals surface area contributed by atoms with Crippen LogP contribution in [-0.4, -0.2) is 14.4 Å². The molecule has 1 aliphatic carbocycles. The number of rotatable bonds is 2. The first kappa shape index (κ1) is 15.2. The smallest absolute Gasteiger partial charge is 0.192 e.